The molecule has 0 spiro atoms. The highest BCUT2D eigenvalue weighted by atomic mass is 16.5. The van der Waals surface area contributed by atoms with Gasteiger partial charge in [-0.15, -0.1) is 0 Å². The Kier molecular flexibility index (Phi) is 7.61. The molecule has 3 aromatic carbocycles. The highest BCUT2D eigenvalue weighted by Crippen LogP contribution is 2.31. The van der Waals surface area contributed by atoms with Crippen molar-refractivity contribution in [3.8, 4) is 39.7 Å². The van der Waals surface area contributed by atoms with E-state index in [4.69, 9.17) is 18.6 Å². The summed E-state index contributed by atoms with van der Waals surface area (Å²) < 4.78 is 22.7. The second kappa shape index (κ2) is 11.2. The number of hydrogen-bond acceptors (Lipinski definition) is 3. The Hall–Kier alpha value is -4.05. The molecule has 1 aromatic heterocycles. The van der Waals surface area contributed by atoms with Gasteiger partial charge in [0.1, 0.15) is 17.2 Å². The van der Waals surface area contributed by atoms with Crippen molar-refractivity contribution < 1.29 is 18.6 Å². The third-order valence-corrected chi connectivity index (χ3v) is 5.32. The van der Waals surface area contributed by atoms with Crippen LogP contribution in [0, 0.1) is 0 Å². The normalized spacial score (nSPS) is 10.9. The lowest BCUT2D eigenvalue weighted by atomic mass is 10.0. The first-order chi connectivity index (χ1) is 16.7. The van der Waals surface area contributed by atoms with Gasteiger partial charge in [0.2, 0.25) is 0 Å². The van der Waals surface area contributed by atoms with Gasteiger partial charge in [-0.2, -0.15) is 0 Å². The second-order valence-electron chi connectivity index (χ2n) is 7.63. The van der Waals surface area contributed by atoms with Gasteiger partial charge in [-0.3, -0.25) is 0 Å². The minimum absolute atomic E-state index is 0.636. The molecule has 4 heteroatoms. The monoisotopic (exact) mass is 453 g/mol. The van der Waals surface area contributed by atoms with Crippen LogP contribution in [0.4, 0.5) is 0 Å². The maximum absolute atomic E-state index is 6.28. The highest BCUT2D eigenvalue weighted by Gasteiger charge is 2.18. The summed E-state index contributed by atoms with van der Waals surface area (Å²) in [4.78, 5) is 0. The molecule has 0 N–H and O–H groups in total. The molecule has 0 bridgehead atoms. The molecular weight excluding hydrogens is 424 g/mol. The van der Waals surface area contributed by atoms with Crippen molar-refractivity contribution in [2.24, 2.45) is 0 Å². The Morgan fingerprint density at radius 1 is 0.618 bits per heavy atom. The topological polar surface area (TPSA) is 39.0 Å². The Balaban J connectivity index is 1.71. The van der Waals surface area contributed by atoms with Crippen molar-refractivity contribution in [2.45, 2.75) is 13.8 Å². The van der Waals surface area contributed by atoms with Crippen LogP contribution in [0.25, 0.3) is 34.6 Å². The summed E-state index contributed by atoms with van der Waals surface area (Å²) in [5.41, 5.74) is 4.19. The molecule has 0 aliphatic heterocycles. The van der Waals surface area contributed by atoms with Crippen molar-refractivity contribution in [3.63, 3.8) is 0 Å². The standard InChI is InChI=1S/C30H29O4/c1-4-32-27-16-9-23(10-17-27)25-20-29(15-8-22-6-13-26(31-3)14-7-22)34-30(21-25)24-11-18-28(19-12-24)33-5-2/h6-21H,4-5H2,1-3H3/q+1/b15-8+. The first kappa shape index (κ1) is 23.1. The summed E-state index contributed by atoms with van der Waals surface area (Å²) in [5.74, 6) is 4.07. The van der Waals surface area contributed by atoms with E-state index in [1.807, 2.05) is 92.7 Å². The molecule has 0 saturated carbocycles. The largest absolute Gasteiger partial charge is 0.497 e. The van der Waals surface area contributed by atoms with E-state index in [1.54, 1.807) is 7.11 Å². The Morgan fingerprint density at radius 2 is 1.18 bits per heavy atom. The summed E-state index contributed by atoms with van der Waals surface area (Å²) >= 11 is 0. The van der Waals surface area contributed by atoms with Crippen LogP contribution in [0.3, 0.4) is 0 Å². The molecule has 34 heavy (non-hydrogen) atoms. The lowest BCUT2D eigenvalue weighted by molar-refractivity contribution is 0.340. The summed E-state index contributed by atoms with van der Waals surface area (Å²) in [6.07, 6.45) is 4.01. The zero-order valence-electron chi connectivity index (χ0n) is 19.8. The fourth-order valence-electron chi connectivity index (χ4n) is 3.60. The quantitative estimate of drug-likeness (QED) is 0.242. The van der Waals surface area contributed by atoms with Crippen molar-refractivity contribution in [2.75, 3.05) is 20.3 Å². The number of hydrogen-bond donors (Lipinski definition) is 0. The number of methoxy groups -OCH3 is 1. The summed E-state index contributed by atoms with van der Waals surface area (Å²) in [7, 11) is 1.67. The zero-order valence-corrected chi connectivity index (χ0v) is 19.8. The molecule has 0 fully saturated rings. The van der Waals surface area contributed by atoms with E-state index in [0.717, 1.165) is 51.0 Å². The Bertz CT molecular complexity index is 1160. The minimum Gasteiger partial charge on any atom is -0.497 e. The molecule has 4 nitrogen and oxygen atoms in total. The average molecular weight is 454 g/mol. The molecule has 0 unspecified atom stereocenters. The van der Waals surface area contributed by atoms with E-state index < -0.39 is 0 Å². The Morgan fingerprint density at radius 3 is 1.74 bits per heavy atom. The summed E-state index contributed by atoms with van der Waals surface area (Å²) in [6, 6.07) is 28.1. The highest BCUT2D eigenvalue weighted by molar-refractivity contribution is 5.75. The van der Waals surface area contributed by atoms with Crippen LogP contribution in [-0.4, -0.2) is 20.3 Å². The molecule has 172 valence electrons. The van der Waals surface area contributed by atoms with Crippen LogP contribution in [0.1, 0.15) is 25.2 Å². The van der Waals surface area contributed by atoms with E-state index >= 15 is 0 Å². The first-order valence-corrected chi connectivity index (χ1v) is 11.4. The van der Waals surface area contributed by atoms with Gasteiger partial charge in [0.15, 0.2) is 0 Å². The van der Waals surface area contributed by atoms with Gasteiger partial charge in [0, 0.05) is 11.6 Å². The molecule has 0 aliphatic rings. The van der Waals surface area contributed by atoms with Gasteiger partial charge in [-0.25, -0.2) is 4.42 Å². The van der Waals surface area contributed by atoms with Crippen LogP contribution in [0.2, 0.25) is 0 Å². The zero-order chi connectivity index (χ0) is 23.8. The maximum Gasteiger partial charge on any atom is 0.361 e. The average Bonchev–Trinajstić information content (AvgIpc) is 2.89. The number of ether oxygens (including phenoxy) is 3. The summed E-state index contributed by atoms with van der Waals surface area (Å²) in [5, 5.41) is 0. The predicted molar refractivity (Wildman–Crippen MR) is 138 cm³/mol. The predicted octanol–water partition coefficient (Wildman–Crippen LogP) is 7.87. The molecule has 0 aliphatic carbocycles. The van der Waals surface area contributed by atoms with Crippen LogP contribution >= 0.6 is 0 Å². The molecule has 0 radical (unpaired) electrons. The lowest BCUT2D eigenvalue weighted by Crippen LogP contribution is -1.91. The van der Waals surface area contributed by atoms with Crippen LogP contribution in [0.5, 0.6) is 17.2 Å². The third-order valence-electron chi connectivity index (χ3n) is 5.32. The van der Waals surface area contributed by atoms with Gasteiger partial charge in [-0.05, 0) is 79.6 Å². The van der Waals surface area contributed by atoms with E-state index in [-0.39, 0.29) is 0 Å². The number of rotatable bonds is 9. The van der Waals surface area contributed by atoms with E-state index in [9.17, 15) is 0 Å². The Labute approximate surface area is 201 Å². The van der Waals surface area contributed by atoms with Gasteiger partial charge >= 0.3 is 11.5 Å². The van der Waals surface area contributed by atoms with Crippen LogP contribution in [0.15, 0.2) is 89.3 Å². The van der Waals surface area contributed by atoms with Crippen molar-refractivity contribution >= 4 is 12.2 Å². The number of benzene rings is 3. The van der Waals surface area contributed by atoms with E-state index in [1.165, 1.54) is 0 Å². The molecule has 4 aromatic rings. The minimum atomic E-state index is 0.636. The fraction of sp³-hybridized carbons (Fsp3) is 0.167. The van der Waals surface area contributed by atoms with Crippen LogP contribution < -0.4 is 14.2 Å². The van der Waals surface area contributed by atoms with E-state index in [0.29, 0.717) is 13.2 Å². The van der Waals surface area contributed by atoms with Gasteiger partial charge in [0.25, 0.3) is 0 Å². The van der Waals surface area contributed by atoms with Crippen LogP contribution in [-0.2, 0) is 0 Å². The molecule has 1 heterocycles. The molecule has 0 amide bonds. The first-order valence-electron chi connectivity index (χ1n) is 11.4. The van der Waals surface area contributed by atoms with Gasteiger partial charge in [0.05, 0.1) is 38.0 Å². The smallest absolute Gasteiger partial charge is 0.361 e. The van der Waals surface area contributed by atoms with Gasteiger partial charge < -0.3 is 14.2 Å². The molecular formula is C30H29O4+. The second-order valence-corrected chi connectivity index (χ2v) is 7.63. The SMILES string of the molecule is CCOc1ccc(-c2cc(/C=C/c3ccc(OC)cc3)[o+]c(-c3ccc(OCC)cc3)c2)cc1. The third kappa shape index (κ3) is 5.84. The van der Waals surface area contributed by atoms with Crippen molar-refractivity contribution in [1.82, 2.24) is 0 Å². The summed E-state index contributed by atoms with van der Waals surface area (Å²) in [6.45, 7) is 5.24. The van der Waals surface area contributed by atoms with E-state index in [2.05, 4.69) is 18.2 Å². The van der Waals surface area contributed by atoms with Gasteiger partial charge in [-0.1, -0.05) is 24.3 Å². The fourth-order valence-corrected chi connectivity index (χ4v) is 3.60. The van der Waals surface area contributed by atoms with Crippen molar-refractivity contribution in [3.05, 3.63) is 96.3 Å². The van der Waals surface area contributed by atoms with Crippen molar-refractivity contribution in [1.29, 1.82) is 0 Å². The lowest BCUT2D eigenvalue weighted by Gasteiger charge is -2.05. The molecule has 4 rings (SSSR count). The molecule has 0 saturated heterocycles. The molecule has 0 atom stereocenters. The maximum atomic E-state index is 6.28.